The van der Waals surface area contributed by atoms with E-state index in [9.17, 15) is 0 Å². The molecule has 1 N–H and O–H groups in total. The van der Waals surface area contributed by atoms with Gasteiger partial charge in [-0.3, -0.25) is 4.98 Å². The molecule has 0 saturated heterocycles. The lowest BCUT2D eigenvalue weighted by atomic mass is 10.2. The van der Waals surface area contributed by atoms with E-state index in [4.69, 9.17) is 0 Å². The number of nitrogens with zero attached hydrogens (tertiary/aromatic N) is 1. The number of aryl methyl sites for hydroxylation is 1. The summed E-state index contributed by atoms with van der Waals surface area (Å²) >= 11 is 1.74. The predicted molar refractivity (Wildman–Crippen MR) is 68.5 cm³/mol. The van der Waals surface area contributed by atoms with E-state index in [0.29, 0.717) is 6.04 Å². The lowest BCUT2D eigenvalue weighted by Gasteiger charge is -2.11. The van der Waals surface area contributed by atoms with Crippen molar-refractivity contribution in [2.45, 2.75) is 26.4 Å². The highest BCUT2D eigenvalue weighted by Crippen LogP contribution is 2.15. The van der Waals surface area contributed by atoms with Crippen LogP contribution in [0.4, 0.5) is 0 Å². The van der Waals surface area contributed by atoms with Gasteiger partial charge in [0, 0.05) is 18.8 Å². The Kier molecular flexibility index (Phi) is 3.70. The standard InChI is InChI=1S/C13H16N2S/c1-10-3-4-13(15-7-10)8-14-11(2)12-5-6-16-9-12/h3-7,9,11,14H,8H2,1-2H3. The summed E-state index contributed by atoms with van der Waals surface area (Å²) < 4.78 is 0. The third kappa shape index (κ3) is 2.90. The molecular weight excluding hydrogens is 216 g/mol. The van der Waals surface area contributed by atoms with Gasteiger partial charge in [-0.25, -0.2) is 0 Å². The van der Waals surface area contributed by atoms with E-state index < -0.39 is 0 Å². The molecule has 0 amide bonds. The van der Waals surface area contributed by atoms with E-state index in [1.165, 1.54) is 11.1 Å². The van der Waals surface area contributed by atoms with Gasteiger partial charge in [0.05, 0.1) is 5.69 Å². The van der Waals surface area contributed by atoms with E-state index in [2.05, 4.69) is 53.1 Å². The number of rotatable bonds is 4. The first kappa shape index (κ1) is 11.3. The molecule has 0 fully saturated rings. The molecule has 84 valence electrons. The second-order valence-corrected chi connectivity index (χ2v) is 4.77. The molecule has 16 heavy (non-hydrogen) atoms. The summed E-state index contributed by atoms with van der Waals surface area (Å²) in [7, 11) is 0. The van der Waals surface area contributed by atoms with E-state index in [1.807, 2.05) is 6.20 Å². The van der Waals surface area contributed by atoms with E-state index in [1.54, 1.807) is 11.3 Å². The van der Waals surface area contributed by atoms with Gasteiger partial charge < -0.3 is 5.32 Å². The molecular formula is C13H16N2S. The number of hydrogen-bond donors (Lipinski definition) is 1. The van der Waals surface area contributed by atoms with Crippen LogP contribution < -0.4 is 5.32 Å². The molecule has 0 spiro atoms. The largest absolute Gasteiger partial charge is 0.305 e. The van der Waals surface area contributed by atoms with Crippen molar-refractivity contribution in [2.75, 3.05) is 0 Å². The Bertz CT molecular complexity index is 420. The molecule has 2 heterocycles. The fourth-order valence-corrected chi connectivity index (χ4v) is 2.25. The van der Waals surface area contributed by atoms with Crippen molar-refractivity contribution in [3.8, 4) is 0 Å². The number of nitrogens with one attached hydrogen (secondary N) is 1. The van der Waals surface area contributed by atoms with Crippen LogP contribution >= 0.6 is 11.3 Å². The van der Waals surface area contributed by atoms with Gasteiger partial charge >= 0.3 is 0 Å². The normalized spacial score (nSPS) is 12.6. The summed E-state index contributed by atoms with van der Waals surface area (Å²) in [5, 5.41) is 7.75. The summed E-state index contributed by atoms with van der Waals surface area (Å²) in [6.45, 7) is 5.05. The molecule has 2 nitrogen and oxygen atoms in total. The third-order valence-corrected chi connectivity index (χ3v) is 3.31. The molecule has 0 aromatic carbocycles. The number of aromatic nitrogens is 1. The summed E-state index contributed by atoms with van der Waals surface area (Å²) in [4.78, 5) is 4.37. The van der Waals surface area contributed by atoms with Gasteiger partial charge in [0.25, 0.3) is 0 Å². The van der Waals surface area contributed by atoms with Crippen LogP contribution in [0.5, 0.6) is 0 Å². The molecule has 2 aromatic heterocycles. The zero-order valence-electron chi connectivity index (χ0n) is 9.60. The highest BCUT2D eigenvalue weighted by atomic mass is 32.1. The monoisotopic (exact) mass is 232 g/mol. The Labute approximate surface area is 100 Å². The van der Waals surface area contributed by atoms with Gasteiger partial charge in [-0.05, 0) is 47.9 Å². The van der Waals surface area contributed by atoms with Gasteiger partial charge in [-0.1, -0.05) is 6.07 Å². The molecule has 1 atom stereocenters. The minimum Gasteiger partial charge on any atom is -0.305 e. The molecule has 2 rings (SSSR count). The minimum absolute atomic E-state index is 0.384. The number of thiophene rings is 1. The van der Waals surface area contributed by atoms with E-state index in [0.717, 1.165) is 12.2 Å². The average molecular weight is 232 g/mol. The molecule has 0 bridgehead atoms. The summed E-state index contributed by atoms with van der Waals surface area (Å²) in [5.41, 5.74) is 3.64. The van der Waals surface area contributed by atoms with Gasteiger partial charge in [0.1, 0.15) is 0 Å². The molecule has 0 aliphatic carbocycles. The van der Waals surface area contributed by atoms with Crippen molar-refractivity contribution in [3.63, 3.8) is 0 Å². The van der Waals surface area contributed by atoms with Crippen LogP contribution in [0, 0.1) is 6.92 Å². The number of hydrogen-bond acceptors (Lipinski definition) is 3. The molecule has 0 radical (unpaired) electrons. The first-order valence-electron chi connectivity index (χ1n) is 5.43. The SMILES string of the molecule is Cc1ccc(CNC(C)c2ccsc2)nc1. The Morgan fingerprint density at radius 1 is 1.38 bits per heavy atom. The highest BCUT2D eigenvalue weighted by Gasteiger charge is 2.04. The minimum atomic E-state index is 0.384. The maximum atomic E-state index is 4.37. The van der Waals surface area contributed by atoms with Crippen molar-refractivity contribution in [2.24, 2.45) is 0 Å². The second-order valence-electron chi connectivity index (χ2n) is 3.99. The van der Waals surface area contributed by atoms with Crippen LogP contribution in [0.25, 0.3) is 0 Å². The molecule has 1 unspecified atom stereocenters. The maximum Gasteiger partial charge on any atom is 0.0542 e. The van der Waals surface area contributed by atoms with Crippen LogP contribution in [0.2, 0.25) is 0 Å². The van der Waals surface area contributed by atoms with Crippen LogP contribution in [-0.4, -0.2) is 4.98 Å². The quantitative estimate of drug-likeness (QED) is 0.875. The molecule has 0 aliphatic rings. The van der Waals surface area contributed by atoms with Crippen molar-refractivity contribution in [1.82, 2.24) is 10.3 Å². The van der Waals surface area contributed by atoms with Crippen LogP contribution in [0.3, 0.4) is 0 Å². The Morgan fingerprint density at radius 3 is 2.88 bits per heavy atom. The zero-order valence-corrected chi connectivity index (χ0v) is 10.4. The van der Waals surface area contributed by atoms with Crippen molar-refractivity contribution in [3.05, 3.63) is 52.0 Å². The van der Waals surface area contributed by atoms with E-state index >= 15 is 0 Å². The first-order valence-corrected chi connectivity index (χ1v) is 6.37. The molecule has 2 aromatic rings. The maximum absolute atomic E-state index is 4.37. The van der Waals surface area contributed by atoms with Crippen LogP contribution in [0.15, 0.2) is 35.2 Å². The van der Waals surface area contributed by atoms with Gasteiger partial charge in [0.15, 0.2) is 0 Å². The lowest BCUT2D eigenvalue weighted by molar-refractivity contribution is 0.569. The summed E-state index contributed by atoms with van der Waals surface area (Å²) in [5.74, 6) is 0. The summed E-state index contributed by atoms with van der Waals surface area (Å²) in [6.07, 6.45) is 1.91. The van der Waals surface area contributed by atoms with Crippen LogP contribution in [0.1, 0.15) is 29.8 Å². The van der Waals surface area contributed by atoms with E-state index in [-0.39, 0.29) is 0 Å². The second kappa shape index (κ2) is 5.23. The Balaban J connectivity index is 1.90. The molecule has 0 aliphatic heterocycles. The molecule has 3 heteroatoms. The molecule has 0 saturated carbocycles. The fraction of sp³-hybridized carbons (Fsp3) is 0.308. The highest BCUT2D eigenvalue weighted by molar-refractivity contribution is 7.07. The average Bonchev–Trinajstić information content (AvgIpc) is 2.81. The Morgan fingerprint density at radius 2 is 2.25 bits per heavy atom. The van der Waals surface area contributed by atoms with Gasteiger partial charge in [-0.2, -0.15) is 11.3 Å². The van der Waals surface area contributed by atoms with Crippen molar-refractivity contribution in [1.29, 1.82) is 0 Å². The topological polar surface area (TPSA) is 24.9 Å². The summed E-state index contributed by atoms with van der Waals surface area (Å²) in [6, 6.07) is 6.71. The zero-order chi connectivity index (χ0) is 11.4. The predicted octanol–water partition coefficient (Wildman–Crippen LogP) is 3.30. The van der Waals surface area contributed by atoms with Crippen molar-refractivity contribution < 1.29 is 0 Å². The smallest absolute Gasteiger partial charge is 0.0542 e. The Hall–Kier alpha value is -1.19. The lowest BCUT2D eigenvalue weighted by Crippen LogP contribution is -2.18. The van der Waals surface area contributed by atoms with Crippen molar-refractivity contribution >= 4 is 11.3 Å². The number of pyridine rings is 1. The van der Waals surface area contributed by atoms with Gasteiger partial charge in [-0.15, -0.1) is 0 Å². The first-order chi connectivity index (χ1) is 7.75. The van der Waals surface area contributed by atoms with Crippen LogP contribution in [-0.2, 0) is 6.54 Å². The third-order valence-electron chi connectivity index (χ3n) is 2.61. The fourth-order valence-electron chi connectivity index (χ4n) is 1.50. The van der Waals surface area contributed by atoms with Gasteiger partial charge in [0.2, 0.25) is 0 Å².